The number of nitrogens with one attached hydrogen (secondary N) is 2. The topological polar surface area (TPSA) is 93.7 Å². The number of ether oxygens (including phenoxy) is 2. The summed E-state index contributed by atoms with van der Waals surface area (Å²) in [6, 6.07) is 9.98. The molecule has 0 bridgehead atoms. The van der Waals surface area contributed by atoms with Gasteiger partial charge >= 0.3 is 5.97 Å². The van der Waals surface area contributed by atoms with Gasteiger partial charge in [-0.2, -0.15) is 0 Å². The second-order valence-corrected chi connectivity index (χ2v) is 7.62. The summed E-state index contributed by atoms with van der Waals surface area (Å²) in [5.41, 5.74) is 3.51. The van der Waals surface area contributed by atoms with Crippen LogP contribution >= 0.6 is 12.4 Å². The molecule has 0 unspecified atom stereocenters. The van der Waals surface area contributed by atoms with Crippen LogP contribution in [0.25, 0.3) is 0 Å². The van der Waals surface area contributed by atoms with E-state index in [1.54, 1.807) is 0 Å². The van der Waals surface area contributed by atoms with Gasteiger partial charge in [0.2, 0.25) is 10.0 Å². The van der Waals surface area contributed by atoms with Crippen LogP contribution in [0.3, 0.4) is 0 Å². The lowest BCUT2D eigenvalue weighted by Crippen LogP contribution is -2.24. The van der Waals surface area contributed by atoms with Crippen molar-refractivity contribution in [3.63, 3.8) is 0 Å². The number of carbonyl (C=O) groups is 1. The van der Waals surface area contributed by atoms with Crippen LogP contribution < -0.4 is 14.8 Å². The molecule has 0 saturated heterocycles. The van der Waals surface area contributed by atoms with E-state index >= 15 is 0 Å². The molecule has 0 spiro atoms. The Bertz CT molecular complexity index is 947. The molecule has 0 amide bonds. The predicted octanol–water partition coefficient (Wildman–Crippen LogP) is 1.99. The Hall–Kier alpha value is -2.13. The smallest absolute Gasteiger partial charge is 0.337 e. The minimum atomic E-state index is -3.81. The van der Waals surface area contributed by atoms with Gasteiger partial charge in [0.15, 0.2) is 0 Å². The van der Waals surface area contributed by atoms with Crippen LogP contribution in [-0.4, -0.2) is 28.6 Å². The van der Waals surface area contributed by atoms with E-state index in [2.05, 4.69) is 14.8 Å². The first kappa shape index (κ1) is 21.2. The molecule has 2 N–H and O–H groups in total. The normalized spacial score (nSPS) is 12.8. The number of carbonyl (C=O) groups excluding carboxylic acids is 1. The summed E-state index contributed by atoms with van der Waals surface area (Å²) >= 11 is 0. The summed E-state index contributed by atoms with van der Waals surface area (Å²) < 4.78 is 37.7. The molecule has 3 rings (SSSR count). The highest BCUT2D eigenvalue weighted by molar-refractivity contribution is 7.89. The number of esters is 1. The van der Waals surface area contributed by atoms with Crippen molar-refractivity contribution in [1.29, 1.82) is 0 Å². The predicted molar refractivity (Wildman–Crippen MR) is 103 cm³/mol. The average molecular weight is 413 g/mol. The molecule has 0 radical (unpaired) electrons. The van der Waals surface area contributed by atoms with Crippen LogP contribution in [-0.2, 0) is 34.4 Å². The van der Waals surface area contributed by atoms with Crippen LogP contribution in [0.4, 0.5) is 0 Å². The third-order valence-electron chi connectivity index (χ3n) is 4.24. The zero-order chi connectivity index (χ0) is 18.7. The van der Waals surface area contributed by atoms with Crippen LogP contribution in [0.2, 0.25) is 0 Å². The third-order valence-corrected chi connectivity index (χ3v) is 5.68. The van der Waals surface area contributed by atoms with Gasteiger partial charge in [-0.1, -0.05) is 18.2 Å². The maximum atomic E-state index is 12.7. The molecule has 0 aliphatic carbocycles. The highest BCUT2D eigenvalue weighted by Gasteiger charge is 2.21. The van der Waals surface area contributed by atoms with Gasteiger partial charge in [-0.25, -0.2) is 17.9 Å². The summed E-state index contributed by atoms with van der Waals surface area (Å²) in [4.78, 5) is 11.6. The first-order valence-corrected chi connectivity index (χ1v) is 9.50. The van der Waals surface area contributed by atoms with Crippen LogP contribution in [0.5, 0.6) is 5.75 Å². The van der Waals surface area contributed by atoms with E-state index in [4.69, 9.17) is 4.74 Å². The van der Waals surface area contributed by atoms with Gasteiger partial charge in [0.25, 0.3) is 0 Å². The number of hydrogen-bond acceptors (Lipinski definition) is 6. The minimum absolute atomic E-state index is 0. The van der Waals surface area contributed by atoms with E-state index in [1.165, 1.54) is 43.5 Å². The number of halogens is 1. The van der Waals surface area contributed by atoms with Gasteiger partial charge in [-0.3, -0.25) is 0 Å². The molecule has 1 aliphatic heterocycles. The van der Waals surface area contributed by atoms with Gasteiger partial charge in [-0.15, -0.1) is 12.4 Å². The lowest BCUT2D eigenvalue weighted by molar-refractivity contribution is 0.0600. The fourth-order valence-corrected chi connectivity index (χ4v) is 4.02. The van der Waals surface area contributed by atoms with E-state index in [1.807, 2.05) is 18.2 Å². The molecule has 146 valence electrons. The first-order valence-electron chi connectivity index (χ1n) is 8.02. The number of rotatable bonds is 6. The standard InChI is InChI=1S/C18H20N2O5S.ClH/c1-24-16-8-13(18(21)25-2)5-6-17(16)26(22,23)20-9-12-3-4-14-10-19-11-15(14)7-12;/h3-8,19-20H,9-11H2,1-2H3;1H. The summed E-state index contributed by atoms with van der Waals surface area (Å²) in [7, 11) is -1.20. The van der Waals surface area contributed by atoms with Crippen molar-refractivity contribution in [2.24, 2.45) is 0 Å². The largest absolute Gasteiger partial charge is 0.495 e. The van der Waals surface area contributed by atoms with Gasteiger partial charge in [0, 0.05) is 19.6 Å². The minimum Gasteiger partial charge on any atom is -0.495 e. The highest BCUT2D eigenvalue weighted by Crippen LogP contribution is 2.26. The van der Waals surface area contributed by atoms with E-state index in [0.717, 1.165) is 18.7 Å². The Kier molecular flexibility index (Phi) is 6.83. The fraction of sp³-hybridized carbons (Fsp3) is 0.278. The molecular formula is C18H21ClN2O5S. The molecule has 0 atom stereocenters. The van der Waals surface area contributed by atoms with Gasteiger partial charge in [-0.05, 0) is 34.9 Å². The molecule has 27 heavy (non-hydrogen) atoms. The number of hydrogen-bond donors (Lipinski definition) is 2. The van der Waals surface area contributed by atoms with Crippen molar-refractivity contribution in [2.45, 2.75) is 24.5 Å². The lowest BCUT2D eigenvalue weighted by atomic mass is 10.1. The molecule has 7 nitrogen and oxygen atoms in total. The monoisotopic (exact) mass is 412 g/mol. The molecule has 1 aliphatic rings. The fourth-order valence-electron chi connectivity index (χ4n) is 2.85. The van der Waals surface area contributed by atoms with E-state index in [0.29, 0.717) is 0 Å². The maximum Gasteiger partial charge on any atom is 0.337 e. The highest BCUT2D eigenvalue weighted by atomic mass is 35.5. The maximum absolute atomic E-state index is 12.7. The molecule has 0 aromatic heterocycles. The number of sulfonamides is 1. The number of benzene rings is 2. The molecule has 2 aromatic rings. The second-order valence-electron chi connectivity index (χ2n) is 5.89. The van der Waals surface area contributed by atoms with Crippen LogP contribution in [0.1, 0.15) is 27.0 Å². The van der Waals surface area contributed by atoms with Crippen molar-refractivity contribution < 1.29 is 22.7 Å². The summed E-state index contributed by atoms with van der Waals surface area (Å²) in [6.07, 6.45) is 0. The van der Waals surface area contributed by atoms with E-state index < -0.39 is 16.0 Å². The van der Waals surface area contributed by atoms with Crippen molar-refractivity contribution in [3.05, 3.63) is 58.7 Å². The summed E-state index contributed by atoms with van der Waals surface area (Å²) in [5, 5.41) is 3.25. The molecule has 2 aromatic carbocycles. The Morgan fingerprint density at radius 1 is 1.11 bits per heavy atom. The van der Waals surface area contributed by atoms with E-state index in [9.17, 15) is 13.2 Å². The summed E-state index contributed by atoms with van der Waals surface area (Å²) in [5.74, 6) is -0.481. The van der Waals surface area contributed by atoms with Gasteiger partial charge < -0.3 is 14.8 Å². The zero-order valence-corrected chi connectivity index (χ0v) is 16.6. The zero-order valence-electron chi connectivity index (χ0n) is 14.9. The first-order chi connectivity index (χ1) is 12.4. The third kappa shape index (κ3) is 4.59. The van der Waals surface area contributed by atoms with Crippen molar-refractivity contribution in [1.82, 2.24) is 10.0 Å². The molecule has 0 fully saturated rings. The van der Waals surface area contributed by atoms with Crippen LogP contribution in [0, 0.1) is 0 Å². The Morgan fingerprint density at radius 2 is 1.85 bits per heavy atom. The Labute approximate surface area is 164 Å². The average Bonchev–Trinajstić information content (AvgIpc) is 3.13. The second kappa shape index (κ2) is 8.71. The van der Waals surface area contributed by atoms with Gasteiger partial charge in [0.05, 0.1) is 19.8 Å². The van der Waals surface area contributed by atoms with Crippen LogP contribution in [0.15, 0.2) is 41.3 Å². The SMILES string of the molecule is COC(=O)c1ccc(S(=O)(=O)NCc2ccc3c(c2)CNC3)c(OC)c1.Cl. The molecule has 9 heteroatoms. The Morgan fingerprint density at radius 3 is 2.56 bits per heavy atom. The number of methoxy groups -OCH3 is 2. The Balaban J connectivity index is 0.00000261. The van der Waals surface area contributed by atoms with Crippen molar-refractivity contribution >= 4 is 28.4 Å². The van der Waals surface area contributed by atoms with Gasteiger partial charge in [0.1, 0.15) is 10.6 Å². The summed E-state index contributed by atoms with van der Waals surface area (Å²) in [6.45, 7) is 1.79. The lowest BCUT2D eigenvalue weighted by Gasteiger charge is -2.12. The van der Waals surface area contributed by atoms with E-state index in [-0.39, 0.29) is 35.2 Å². The number of fused-ring (bicyclic) bond motifs is 1. The van der Waals surface area contributed by atoms with Crippen molar-refractivity contribution in [3.8, 4) is 5.75 Å². The molecule has 0 saturated carbocycles. The quantitative estimate of drug-likeness (QED) is 0.705. The van der Waals surface area contributed by atoms with Crippen molar-refractivity contribution in [2.75, 3.05) is 14.2 Å². The molecule has 1 heterocycles. The molecular weight excluding hydrogens is 392 g/mol.